The Balaban J connectivity index is 2.09. The largest absolute Gasteiger partial charge is 0.391 e. The highest BCUT2D eigenvalue weighted by atomic mass is 16.3. The third-order valence-electron chi connectivity index (χ3n) is 4.52. The molecule has 0 spiro atoms. The number of aliphatic hydroxyl groups excluding tert-OH is 1. The van der Waals surface area contributed by atoms with E-state index in [1.165, 1.54) is 0 Å². The number of rotatable bonds is 6. The van der Waals surface area contributed by atoms with E-state index in [0.717, 1.165) is 31.7 Å². The van der Waals surface area contributed by atoms with E-state index in [4.69, 9.17) is 0 Å². The van der Waals surface area contributed by atoms with Crippen molar-refractivity contribution in [2.45, 2.75) is 26.0 Å². The predicted molar refractivity (Wildman–Crippen MR) is 92.1 cm³/mol. The van der Waals surface area contributed by atoms with E-state index in [9.17, 15) is 9.90 Å². The van der Waals surface area contributed by atoms with Crippen LogP contribution in [-0.2, 0) is 4.79 Å². The molecule has 0 aliphatic carbocycles. The Morgan fingerprint density at radius 2 is 1.78 bits per heavy atom. The lowest BCUT2D eigenvalue weighted by atomic mass is 10.0. The average Bonchev–Trinajstić information content (AvgIpc) is 2.55. The summed E-state index contributed by atoms with van der Waals surface area (Å²) in [5.41, 5.74) is 1.01. The minimum atomic E-state index is -0.511. The van der Waals surface area contributed by atoms with Crippen molar-refractivity contribution in [1.82, 2.24) is 15.1 Å². The highest BCUT2D eigenvalue weighted by molar-refractivity contribution is 5.83. The molecule has 5 heteroatoms. The van der Waals surface area contributed by atoms with Crippen LogP contribution in [0.1, 0.15) is 25.5 Å². The van der Waals surface area contributed by atoms with Gasteiger partial charge in [-0.05, 0) is 18.5 Å². The maximum absolute atomic E-state index is 12.8. The van der Waals surface area contributed by atoms with Crippen molar-refractivity contribution in [3.8, 4) is 0 Å². The molecule has 1 aliphatic rings. The Kier molecular flexibility index (Phi) is 6.57. The summed E-state index contributed by atoms with van der Waals surface area (Å²) < 4.78 is 0. The van der Waals surface area contributed by atoms with Crippen LogP contribution in [0.4, 0.5) is 0 Å². The molecule has 1 aromatic carbocycles. The molecule has 1 saturated heterocycles. The number of nitrogens with zero attached hydrogens (tertiary/aromatic N) is 2. The zero-order valence-corrected chi connectivity index (χ0v) is 14.4. The van der Waals surface area contributed by atoms with Gasteiger partial charge in [-0.25, -0.2) is 0 Å². The molecule has 1 amide bonds. The third kappa shape index (κ3) is 5.03. The van der Waals surface area contributed by atoms with Crippen molar-refractivity contribution in [1.29, 1.82) is 0 Å². The monoisotopic (exact) mass is 319 g/mol. The topological polar surface area (TPSA) is 55.8 Å². The Labute approximate surface area is 139 Å². The molecule has 128 valence electrons. The number of nitrogens with one attached hydrogen (secondary N) is 1. The van der Waals surface area contributed by atoms with Crippen LogP contribution in [0.5, 0.6) is 0 Å². The Morgan fingerprint density at radius 3 is 2.35 bits per heavy atom. The molecule has 0 aromatic heterocycles. The van der Waals surface area contributed by atoms with Crippen LogP contribution in [0.2, 0.25) is 0 Å². The number of hydrogen-bond acceptors (Lipinski definition) is 4. The summed E-state index contributed by atoms with van der Waals surface area (Å²) in [4.78, 5) is 17.3. The zero-order chi connectivity index (χ0) is 16.8. The van der Waals surface area contributed by atoms with Crippen LogP contribution in [0, 0.1) is 5.92 Å². The molecule has 2 N–H and O–H groups in total. The SMILES string of the molecule is CC(C)C(O)CNC(=O)C(c1ccccc1)N1CCN(C)CC1. The summed E-state index contributed by atoms with van der Waals surface area (Å²) in [5, 5.41) is 12.9. The second-order valence-electron chi connectivity index (χ2n) is 6.71. The number of aliphatic hydroxyl groups is 1. The first-order chi connectivity index (χ1) is 11.0. The van der Waals surface area contributed by atoms with Gasteiger partial charge in [0.15, 0.2) is 0 Å². The highest BCUT2D eigenvalue weighted by Crippen LogP contribution is 2.22. The minimum absolute atomic E-state index is 0.0274. The first kappa shape index (κ1) is 17.9. The number of piperazine rings is 1. The van der Waals surface area contributed by atoms with Crippen molar-refractivity contribution < 1.29 is 9.90 Å². The standard InChI is InChI=1S/C18H29N3O2/c1-14(2)16(22)13-19-18(23)17(15-7-5-4-6-8-15)21-11-9-20(3)10-12-21/h4-8,14,16-17,22H,9-13H2,1-3H3,(H,19,23). The van der Waals surface area contributed by atoms with Gasteiger partial charge in [0.25, 0.3) is 0 Å². The molecular formula is C18H29N3O2. The fourth-order valence-corrected chi connectivity index (χ4v) is 2.78. The predicted octanol–water partition coefficient (Wildman–Crippen LogP) is 1.11. The van der Waals surface area contributed by atoms with Crippen molar-refractivity contribution in [3.63, 3.8) is 0 Å². The lowest BCUT2D eigenvalue weighted by Crippen LogP contribution is -2.50. The summed E-state index contributed by atoms with van der Waals surface area (Å²) in [6.07, 6.45) is -0.511. The van der Waals surface area contributed by atoms with E-state index < -0.39 is 6.10 Å². The number of likely N-dealkylation sites (N-methyl/N-ethyl adjacent to an activating group) is 1. The second kappa shape index (κ2) is 8.43. The Hall–Kier alpha value is -1.43. The molecule has 0 bridgehead atoms. The van der Waals surface area contributed by atoms with Crippen molar-refractivity contribution in [2.75, 3.05) is 39.8 Å². The molecule has 1 fully saturated rings. The summed E-state index contributed by atoms with van der Waals surface area (Å²) in [6.45, 7) is 7.87. The average molecular weight is 319 g/mol. The van der Waals surface area contributed by atoms with Gasteiger partial charge in [0.1, 0.15) is 6.04 Å². The molecule has 1 aromatic rings. The summed E-state index contributed by atoms with van der Waals surface area (Å²) in [6, 6.07) is 9.61. The van der Waals surface area contributed by atoms with Crippen LogP contribution in [0.25, 0.3) is 0 Å². The normalized spacial score (nSPS) is 19.5. The molecule has 1 heterocycles. The van der Waals surface area contributed by atoms with E-state index in [2.05, 4.69) is 22.2 Å². The summed E-state index contributed by atoms with van der Waals surface area (Å²) in [7, 11) is 2.11. The van der Waals surface area contributed by atoms with Crippen LogP contribution in [0.3, 0.4) is 0 Å². The lowest BCUT2D eigenvalue weighted by molar-refractivity contribution is -0.128. The van der Waals surface area contributed by atoms with Crippen LogP contribution >= 0.6 is 0 Å². The first-order valence-corrected chi connectivity index (χ1v) is 8.42. The molecular weight excluding hydrogens is 290 g/mol. The van der Waals surface area contributed by atoms with Crippen LogP contribution < -0.4 is 5.32 Å². The van der Waals surface area contributed by atoms with Gasteiger partial charge in [-0.1, -0.05) is 44.2 Å². The van der Waals surface area contributed by atoms with E-state index in [-0.39, 0.29) is 17.9 Å². The maximum atomic E-state index is 12.8. The van der Waals surface area contributed by atoms with Gasteiger partial charge in [0, 0.05) is 32.7 Å². The Morgan fingerprint density at radius 1 is 1.17 bits per heavy atom. The summed E-state index contributed by atoms with van der Waals surface area (Å²) >= 11 is 0. The van der Waals surface area contributed by atoms with Gasteiger partial charge >= 0.3 is 0 Å². The van der Waals surface area contributed by atoms with Gasteiger partial charge in [-0.3, -0.25) is 9.69 Å². The molecule has 2 atom stereocenters. The van der Waals surface area contributed by atoms with Gasteiger partial charge in [0.2, 0.25) is 5.91 Å². The quantitative estimate of drug-likeness (QED) is 0.825. The van der Waals surface area contributed by atoms with Crippen molar-refractivity contribution in [3.05, 3.63) is 35.9 Å². The van der Waals surface area contributed by atoms with Gasteiger partial charge in [-0.15, -0.1) is 0 Å². The molecule has 0 saturated carbocycles. The lowest BCUT2D eigenvalue weighted by Gasteiger charge is -2.37. The fourth-order valence-electron chi connectivity index (χ4n) is 2.78. The number of benzene rings is 1. The number of carbonyl (C=O) groups excluding carboxylic acids is 1. The van der Waals surface area contributed by atoms with Gasteiger partial charge in [-0.2, -0.15) is 0 Å². The molecule has 1 aliphatic heterocycles. The third-order valence-corrected chi connectivity index (χ3v) is 4.52. The molecule has 0 radical (unpaired) electrons. The second-order valence-corrected chi connectivity index (χ2v) is 6.71. The van der Waals surface area contributed by atoms with Gasteiger partial charge in [0.05, 0.1) is 6.10 Å². The molecule has 2 unspecified atom stereocenters. The molecule has 5 nitrogen and oxygen atoms in total. The minimum Gasteiger partial charge on any atom is -0.391 e. The Bertz CT molecular complexity index is 484. The number of hydrogen-bond donors (Lipinski definition) is 2. The molecule has 23 heavy (non-hydrogen) atoms. The van der Waals surface area contributed by atoms with E-state index in [1.807, 2.05) is 44.2 Å². The van der Waals surface area contributed by atoms with Gasteiger partial charge < -0.3 is 15.3 Å². The smallest absolute Gasteiger partial charge is 0.242 e. The molecule has 2 rings (SSSR count). The zero-order valence-electron chi connectivity index (χ0n) is 14.4. The van der Waals surface area contributed by atoms with Crippen molar-refractivity contribution in [2.24, 2.45) is 5.92 Å². The van der Waals surface area contributed by atoms with Crippen LogP contribution in [0.15, 0.2) is 30.3 Å². The summed E-state index contributed by atoms with van der Waals surface area (Å²) in [5.74, 6) is 0.106. The fraction of sp³-hybridized carbons (Fsp3) is 0.611. The highest BCUT2D eigenvalue weighted by Gasteiger charge is 2.29. The maximum Gasteiger partial charge on any atom is 0.242 e. The number of amides is 1. The van der Waals surface area contributed by atoms with E-state index in [0.29, 0.717) is 6.54 Å². The number of carbonyl (C=O) groups is 1. The van der Waals surface area contributed by atoms with E-state index >= 15 is 0 Å². The first-order valence-electron chi connectivity index (χ1n) is 8.42. The van der Waals surface area contributed by atoms with Crippen LogP contribution in [-0.4, -0.2) is 66.7 Å². The van der Waals surface area contributed by atoms with E-state index in [1.54, 1.807) is 0 Å². The van der Waals surface area contributed by atoms with Crippen molar-refractivity contribution >= 4 is 5.91 Å².